The number of benzene rings is 1. The second-order valence-electron chi connectivity index (χ2n) is 4.96. The van der Waals surface area contributed by atoms with E-state index >= 15 is 0 Å². The first-order valence-corrected chi connectivity index (χ1v) is 6.81. The van der Waals surface area contributed by atoms with Crippen LogP contribution in [0.1, 0.15) is 31.2 Å². The number of halogens is 1. The van der Waals surface area contributed by atoms with E-state index in [4.69, 9.17) is 16.7 Å². The predicted molar refractivity (Wildman–Crippen MR) is 74.0 cm³/mol. The van der Waals surface area contributed by atoms with Gasteiger partial charge in [-0.15, -0.1) is 0 Å². The molecular formula is C14H20ClNO2. The van der Waals surface area contributed by atoms with Gasteiger partial charge in [-0.05, 0) is 30.5 Å². The largest absolute Gasteiger partial charge is 0.392 e. The molecule has 0 bridgehead atoms. The van der Waals surface area contributed by atoms with Gasteiger partial charge in [0.15, 0.2) is 0 Å². The van der Waals surface area contributed by atoms with Crippen LogP contribution in [0.25, 0.3) is 0 Å². The molecular weight excluding hydrogens is 250 g/mol. The molecule has 1 aromatic rings. The summed E-state index contributed by atoms with van der Waals surface area (Å²) >= 11 is 6.10. The van der Waals surface area contributed by atoms with Crippen LogP contribution in [0, 0.1) is 0 Å². The smallest absolute Gasteiger partial charge is 0.0743 e. The summed E-state index contributed by atoms with van der Waals surface area (Å²) < 4.78 is 0. The van der Waals surface area contributed by atoms with E-state index in [1.54, 1.807) is 0 Å². The first-order chi connectivity index (χ1) is 8.63. The van der Waals surface area contributed by atoms with Crippen molar-refractivity contribution in [2.45, 2.75) is 44.4 Å². The topological polar surface area (TPSA) is 43.7 Å². The Balaban J connectivity index is 2.17. The highest BCUT2D eigenvalue weighted by Gasteiger charge is 2.26. The van der Waals surface area contributed by atoms with Gasteiger partial charge in [-0.1, -0.05) is 30.5 Å². The molecule has 1 aromatic carbocycles. The lowest BCUT2D eigenvalue weighted by molar-refractivity contribution is 0.106. The Morgan fingerprint density at radius 1 is 1.33 bits per heavy atom. The van der Waals surface area contributed by atoms with Crippen LogP contribution in [-0.2, 0) is 6.61 Å². The minimum atomic E-state index is -0.264. The number of aliphatic hydroxyl groups is 2. The van der Waals surface area contributed by atoms with Gasteiger partial charge < -0.3 is 15.1 Å². The van der Waals surface area contributed by atoms with Gasteiger partial charge in [0.2, 0.25) is 0 Å². The van der Waals surface area contributed by atoms with E-state index in [0.29, 0.717) is 5.02 Å². The molecule has 2 unspecified atom stereocenters. The molecule has 2 N–H and O–H groups in total. The molecule has 0 radical (unpaired) electrons. The summed E-state index contributed by atoms with van der Waals surface area (Å²) in [4.78, 5) is 2.09. The van der Waals surface area contributed by atoms with E-state index in [2.05, 4.69) is 4.90 Å². The average molecular weight is 270 g/mol. The molecule has 18 heavy (non-hydrogen) atoms. The first kappa shape index (κ1) is 13.7. The molecule has 0 aliphatic heterocycles. The van der Waals surface area contributed by atoms with E-state index in [9.17, 15) is 5.11 Å². The summed E-state index contributed by atoms with van der Waals surface area (Å²) in [6.45, 7) is -0.0467. The zero-order valence-electron chi connectivity index (χ0n) is 10.6. The molecule has 2 rings (SSSR count). The fourth-order valence-electron chi connectivity index (χ4n) is 2.62. The van der Waals surface area contributed by atoms with E-state index in [-0.39, 0.29) is 18.8 Å². The van der Waals surface area contributed by atoms with Crippen LogP contribution < -0.4 is 4.90 Å². The van der Waals surface area contributed by atoms with Gasteiger partial charge in [0.25, 0.3) is 0 Å². The molecule has 3 nitrogen and oxygen atoms in total. The van der Waals surface area contributed by atoms with Crippen molar-refractivity contribution >= 4 is 17.3 Å². The molecule has 0 amide bonds. The molecule has 100 valence electrons. The third kappa shape index (κ3) is 2.79. The van der Waals surface area contributed by atoms with Crippen LogP contribution >= 0.6 is 11.6 Å². The second kappa shape index (κ2) is 5.91. The van der Waals surface area contributed by atoms with Gasteiger partial charge >= 0.3 is 0 Å². The van der Waals surface area contributed by atoms with Gasteiger partial charge in [0.05, 0.1) is 18.8 Å². The van der Waals surface area contributed by atoms with E-state index in [0.717, 1.165) is 36.9 Å². The maximum Gasteiger partial charge on any atom is 0.0743 e. The first-order valence-electron chi connectivity index (χ1n) is 6.43. The maximum atomic E-state index is 10.1. The summed E-state index contributed by atoms with van der Waals surface area (Å²) in [6, 6.07) is 5.80. The SMILES string of the molecule is CN(c1ccc(CO)c(Cl)c1)C1CCCCC1O. The molecule has 1 fully saturated rings. The monoisotopic (exact) mass is 269 g/mol. The van der Waals surface area contributed by atoms with Crippen LogP contribution in [-0.4, -0.2) is 29.4 Å². The highest BCUT2D eigenvalue weighted by Crippen LogP contribution is 2.29. The van der Waals surface area contributed by atoms with Crippen molar-refractivity contribution in [1.82, 2.24) is 0 Å². The molecule has 2 atom stereocenters. The molecule has 0 saturated heterocycles. The lowest BCUT2D eigenvalue weighted by Crippen LogP contribution is -2.43. The molecule has 0 aromatic heterocycles. The minimum absolute atomic E-state index is 0.0467. The van der Waals surface area contributed by atoms with Crippen molar-refractivity contribution in [3.8, 4) is 0 Å². The molecule has 4 heteroatoms. The third-order valence-corrected chi connectivity index (χ3v) is 4.16. The average Bonchev–Trinajstić information content (AvgIpc) is 2.38. The molecule has 1 aliphatic rings. The maximum absolute atomic E-state index is 10.1. The fourth-order valence-corrected chi connectivity index (χ4v) is 2.85. The van der Waals surface area contributed by atoms with Gasteiger partial charge in [-0.2, -0.15) is 0 Å². The number of likely N-dealkylation sites (N-methyl/N-ethyl adjacent to an activating group) is 1. The second-order valence-corrected chi connectivity index (χ2v) is 5.37. The summed E-state index contributed by atoms with van der Waals surface area (Å²) in [7, 11) is 1.99. The van der Waals surface area contributed by atoms with Crippen molar-refractivity contribution in [3.63, 3.8) is 0 Å². The van der Waals surface area contributed by atoms with Gasteiger partial charge in [-0.3, -0.25) is 0 Å². The highest BCUT2D eigenvalue weighted by atomic mass is 35.5. The zero-order valence-corrected chi connectivity index (χ0v) is 11.4. The van der Waals surface area contributed by atoms with Crippen molar-refractivity contribution in [1.29, 1.82) is 0 Å². The Labute approximate surface area is 113 Å². The quantitative estimate of drug-likeness (QED) is 0.886. The van der Waals surface area contributed by atoms with Crippen LogP contribution in [0.5, 0.6) is 0 Å². The van der Waals surface area contributed by atoms with Crippen LogP contribution in [0.4, 0.5) is 5.69 Å². The van der Waals surface area contributed by atoms with Crippen molar-refractivity contribution in [3.05, 3.63) is 28.8 Å². The number of rotatable bonds is 3. The standard InChI is InChI=1S/C14H20ClNO2/c1-16(13-4-2-3-5-14(13)18)11-7-6-10(9-17)12(15)8-11/h6-8,13-14,17-18H,2-5,9H2,1H3. The fraction of sp³-hybridized carbons (Fsp3) is 0.571. The molecule has 1 aliphatic carbocycles. The normalized spacial score (nSPS) is 24.0. The molecule has 0 spiro atoms. The Bertz CT molecular complexity index is 411. The number of hydrogen-bond donors (Lipinski definition) is 2. The number of aliphatic hydroxyl groups excluding tert-OH is 2. The predicted octanol–water partition coefficient (Wildman–Crippen LogP) is 2.57. The van der Waals surface area contributed by atoms with E-state index in [1.807, 2.05) is 25.2 Å². The molecule has 1 saturated carbocycles. The van der Waals surface area contributed by atoms with Gasteiger partial charge in [0, 0.05) is 17.8 Å². The number of anilines is 1. The third-order valence-electron chi connectivity index (χ3n) is 3.81. The van der Waals surface area contributed by atoms with E-state index in [1.165, 1.54) is 0 Å². The summed E-state index contributed by atoms with van der Waals surface area (Å²) in [5.74, 6) is 0. The van der Waals surface area contributed by atoms with Crippen molar-refractivity contribution in [2.24, 2.45) is 0 Å². The highest BCUT2D eigenvalue weighted by molar-refractivity contribution is 6.31. The summed E-state index contributed by atoms with van der Waals surface area (Å²) in [5.41, 5.74) is 1.72. The van der Waals surface area contributed by atoms with Crippen LogP contribution in [0.2, 0.25) is 5.02 Å². The number of hydrogen-bond acceptors (Lipinski definition) is 3. The Hall–Kier alpha value is -0.770. The lowest BCUT2D eigenvalue weighted by Gasteiger charge is -2.36. The van der Waals surface area contributed by atoms with Gasteiger partial charge in [0.1, 0.15) is 0 Å². The van der Waals surface area contributed by atoms with Crippen LogP contribution in [0.3, 0.4) is 0 Å². The van der Waals surface area contributed by atoms with Crippen molar-refractivity contribution in [2.75, 3.05) is 11.9 Å². The zero-order chi connectivity index (χ0) is 13.1. The van der Waals surface area contributed by atoms with E-state index < -0.39 is 0 Å². The lowest BCUT2D eigenvalue weighted by atomic mass is 9.91. The Morgan fingerprint density at radius 2 is 2.06 bits per heavy atom. The van der Waals surface area contributed by atoms with Crippen molar-refractivity contribution < 1.29 is 10.2 Å². The minimum Gasteiger partial charge on any atom is -0.392 e. The molecule has 0 heterocycles. The summed E-state index contributed by atoms with van der Waals surface area (Å²) in [5, 5.41) is 19.7. The van der Waals surface area contributed by atoms with Gasteiger partial charge in [-0.25, -0.2) is 0 Å². The Morgan fingerprint density at radius 3 is 2.67 bits per heavy atom. The Kier molecular flexibility index (Phi) is 4.49. The van der Waals surface area contributed by atoms with Crippen LogP contribution in [0.15, 0.2) is 18.2 Å². The summed E-state index contributed by atoms with van der Waals surface area (Å²) in [6.07, 6.45) is 3.89. The number of nitrogens with zero attached hydrogens (tertiary/aromatic N) is 1.